The smallest absolute Gasteiger partial charge is 0.123 e. The Hall–Kier alpha value is -3.89. The van der Waals surface area contributed by atoms with Crippen LogP contribution in [0.3, 0.4) is 0 Å². The molecule has 1 unspecified atom stereocenters. The highest BCUT2D eigenvalue weighted by molar-refractivity contribution is 5.80. The summed E-state index contributed by atoms with van der Waals surface area (Å²) in [4.78, 5) is 0. The third kappa shape index (κ3) is 4.93. The Morgan fingerprint density at radius 1 is 0.633 bits per heavy atom. The van der Waals surface area contributed by atoms with Gasteiger partial charge in [0.15, 0.2) is 0 Å². The van der Waals surface area contributed by atoms with E-state index in [0.717, 1.165) is 27.8 Å². The van der Waals surface area contributed by atoms with Crippen molar-refractivity contribution in [2.45, 2.75) is 5.92 Å². The highest BCUT2D eigenvalue weighted by Crippen LogP contribution is 2.28. The van der Waals surface area contributed by atoms with Crippen LogP contribution in [0.2, 0.25) is 0 Å². The highest BCUT2D eigenvalue weighted by atomic mass is 19.1. The van der Waals surface area contributed by atoms with Gasteiger partial charge in [-0.05, 0) is 46.5 Å². The first kappa shape index (κ1) is 19.4. The molecule has 0 spiro atoms. The van der Waals surface area contributed by atoms with E-state index in [2.05, 4.69) is 42.2 Å². The van der Waals surface area contributed by atoms with Gasteiger partial charge in [0.25, 0.3) is 0 Å². The summed E-state index contributed by atoms with van der Waals surface area (Å²) in [5.41, 5.74) is 5.27. The zero-order chi connectivity index (χ0) is 20.6. The second-order valence-electron chi connectivity index (χ2n) is 6.98. The lowest BCUT2D eigenvalue weighted by molar-refractivity contribution is 0.627. The Morgan fingerprint density at radius 3 is 1.67 bits per heavy atom. The molecule has 0 saturated heterocycles. The standard InChI is InChI=1S/C29H21F/c30-28-20-18-24(19-21-28)27(17-16-23-10-4-1-5-11-23)22-29(25-12-6-2-7-13-25)26-14-8-3-9-15-26/h1-15,18-22,27H. The minimum absolute atomic E-state index is 0.179. The SMILES string of the molecule is Fc1ccc(C(C#Cc2ccccc2)C=C(c2ccccc2)c2ccccc2)cc1. The van der Waals surface area contributed by atoms with Crippen molar-refractivity contribution in [2.24, 2.45) is 0 Å². The molecular formula is C29H21F. The van der Waals surface area contributed by atoms with Crippen molar-refractivity contribution in [2.75, 3.05) is 0 Å². The molecular weight excluding hydrogens is 367 g/mol. The van der Waals surface area contributed by atoms with Crippen LogP contribution >= 0.6 is 0 Å². The number of halogens is 1. The summed E-state index contributed by atoms with van der Waals surface area (Å²) in [6.45, 7) is 0. The number of allylic oxidation sites excluding steroid dienone is 1. The van der Waals surface area contributed by atoms with Gasteiger partial charge >= 0.3 is 0 Å². The fourth-order valence-electron chi connectivity index (χ4n) is 3.34. The minimum atomic E-state index is -0.246. The maximum absolute atomic E-state index is 13.5. The molecule has 0 saturated carbocycles. The van der Waals surface area contributed by atoms with Crippen molar-refractivity contribution in [3.63, 3.8) is 0 Å². The summed E-state index contributed by atoms with van der Waals surface area (Å²) in [5.74, 6) is 6.24. The topological polar surface area (TPSA) is 0 Å². The molecule has 144 valence electrons. The van der Waals surface area contributed by atoms with Crippen LogP contribution in [-0.4, -0.2) is 0 Å². The monoisotopic (exact) mass is 388 g/mol. The van der Waals surface area contributed by atoms with E-state index in [-0.39, 0.29) is 11.7 Å². The summed E-state index contributed by atoms with van der Waals surface area (Å²) in [5, 5.41) is 0. The molecule has 0 aliphatic rings. The lowest BCUT2D eigenvalue weighted by atomic mass is 9.90. The fraction of sp³-hybridized carbons (Fsp3) is 0.0345. The molecule has 0 bridgehead atoms. The maximum Gasteiger partial charge on any atom is 0.123 e. The van der Waals surface area contributed by atoms with E-state index < -0.39 is 0 Å². The van der Waals surface area contributed by atoms with Gasteiger partial charge in [-0.15, -0.1) is 0 Å². The van der Waals surface area contributed by atoms with Crippen LogP contribution in [0.15, 0.2) is 121 Å². The zero-order valence-electron chi connectivity index (χ0n) is 16.5. The van der Waals surface area contributed by atoms with Gasteiger partial charge in [-0.1, -0.05) is 109 Å². The van der Waals surface area contributed by atoms with Crippen LogP contribution < -0.4 is 0 Å². The summed E-state index contributed by atoms with van der Waals surface area (Å²) in [7, 11) is 0. The number of hydrogen-bond acceptors (Lipinski definition) is 0. The molecule has 0 radical (unpaired) electrons. The van der Waals surface area contributed by atoms with Gasteiger partial charge in [-0.25, -0.2) is 4.39 Å². The normalized spacial score (nSPS) is 11.1. The third-order valence-corrected chi connectivity index (χ3v) is 4.88. The molecule has 0 aliphatic carbocycles. The van der Waals surface area contributed by atoms with Crippen LogP contribution in [0, 0.1) is 17.7 Å². The fourth-order valence-corrected chi connectivity index (χ4v) is 3.34. The van der Waals surface area contributed by atoms with Gasteiger partial charge in [0.1, 0.15) is 5.82 Å². The van der Waals surface area contributed by atoms with Gasteiger partial charge < -0.3 is 0 Å². The molecule has 0 N–H and O–H groups in total. The van der Waals surface area contributed by atoms with Gasteiger partial charge in [0, 0.05) is 5.56 Å². The Bertz CT molecular complexity index is 1120. The van der Waals surface area contributed by atoms with Crippen LogP contribution in [0.25, 0.3) is 5.57 Å². The highest BCUT2D eigenvalue weighted by Gasteiger charge is 2.11. The van der Waals surface area contributed by atoms with E-state index in [0.29, 0.717) is 0 Å². The molecule has 0 nitrogen and oxygen atoms in total. The Morgan fingerprint density at radius 2 is 1.13 bits per heavy atom. The maximum atomic E-state index is 13.5. The second kappa shape index (κ2) is 9.54. The number of benzene rings is 4. The van der Waals surface area contributed by atoms with Crippen LogP contribution in [0.5, 0.6) is 0 Å². The average Bonchev–Trinajstić information content (AvgIpc) is 2.82. The summed E-state index contributed by atoms with van der Waals surface area (Å²) in [6, 6.07) is 37.1. The summed E-state index contributed by atoms with van der Waals surface area (Å²) in [6.07, 6.45) is 2.17. The van der Waals surface area contributed by atoms with Gasteiger partial charge in [0.2, 0.25) is 0 Å². The lowest BCUT2D eigenvalue weighted by Gasteiger charge is -2.13. The van der Waals surface area contributed by atoms with Crippen LogP contribution in [-0.2, 0) is 0 Å². The predicted octanol–water partition coefficient (Wildman–Crippen LogP) is 7.09. The molecule has 30 heavy (non-hydrogen) atoms. The largest absolute Gasteiger partial charge is 0.207 e. The molecule has 0 amide bonds. The van der Waals surface area contributed by atoms with Crippen molar-refractivity contribution in [3.05, 3.63) is 149 Å². The van der Waals surface area contributed by atoms with Crippen LogP contribution in [0.4, 0.5) is 4.39 Å². The molecule has 4 aromatic rings. The van der Waals surface area contributed by atoms with Crippen molar-refractivity contribution in [1.82, 2.24) is 0 Å². The minimum Gasteiger partial charge on any atom is -0.207 e. The van der Waals surface area contributed by atoms with E-state index >= 15 is 0 Å². The number of hydrogen-bond donors (Lipinski definition) is 0. The van der Waals surface area contributed by atoms with Crippen molar-refractivity contribution in [3.8, 4) is 11.8 Å². The molecule has 1 heteroatoms. The second-order valence-corrected chi connectivity index (χ2v) is 6.98. The van der Waals surface area contributed by atoms with E-state index in [4.69, 9.17) is 0 Å². The Kier molecular flexibility index (Phi) is 6.18. The average molecular weight is 388 g/mol. The molecule has 0 heterocycles. The first-order valence-corrected chi connectivity index (χ1v) is 9.94. The van der Waals surface area contributed by atoms with Gasteiger partial charge in [0.05, 0.1) is 5.92 Å². The summed E-state index contributed by atoms with van der Waals surface area (Å²) >= 11 is 0. The Balaban J connectivity index is 1.84. The molecule has 0 aromatic heterocycles. The molecule has 0 fully saturated rings. The molecule has 4 aromatic carbocycles. The molecule has 4 rings (SSSR count). The first-order chi connectivity index (χ1) is 14.8. The Labute approximate surface area is 177 Å². The zero-order valence-corrected chi connectivity index (χ0v) is 16.5. The van der Waals surface area contributed by atoms with E-state index in [1.54, 1.807) is 0 Å². The molecule has 0 aliphatic heterocycles. The number of rotatable bonds is 4. The van der Waals surface area contributed by atoms with Crippen molar-refractivity contribution < 1.29 is 4.39 Å². The predicted molar refractivity (Wildman–Crippen MR) is 122 cm³/mol. The van der Waals surface area contributed by atoms with Gasteiger partial charge in [-0.2, -0.15) is 0 Å². The van der Waals surface area contributed by atoms with E-state index in [1.165, 1.54) is 12.1 Å². The quantitative estimate of drug-likeness (QED) is 0.327. The van der Waals surface area contributed by atoms with E-state index in [9.17, 15) is 4.39 Å². The van der Waals surface area contributed by atoms with Crippen molar-refractivity contribution >= 4 is 5.57 Å². The van der Waals surface area contributed by atoms with Crippen LogP contribution in [0.1, 0.15) is 28.2 Å². The lowest BCUT2D eigenvalue weighted by Crippen LogP contribution is -1.97. The van der Waals surface area contributed by atoms with Gasteiger partial charge in [-0.3, -0.25) is 0 Å². The molecule has 1 atom stereocenters. The third-order valence-electron chi connectivity index (χ3n) is 4.88. The summed E-state index contributed by atoms with van der Waals surface area (Å²) < 4.78 is 13.5. The van der Waals surface area contributed by atoms with E-state index in [1.807, 2.05) is 78.9 Å². The van der Waals surface area contributed by atoms with Crippen molar-refractivity contribution in [1.29, 1.82) is 0 Å². The first-order valence-electron chi connectivity index (χ1n) is 9.94.